The van der Waals surface area contributed by atoms with Gasteiger partial charge in [0.15, 0.2) is 0 Å². The zero-order valence-electron chi connectivity index (χ0n) is 7.10. The number of rotatable bonds is 1. The van der Waals surface area contributed by atoms with Crippen molar-refractivity contribution < 1.29 is 4.52 Å². The zero-order valence-corrected chi connectivity index (χ0v) is 11.8. The van der Waals surface area contributed by atoms with Crippen LogP contribution in [0.1, 0.15) is 0 Å². The van der Waals surface area contributed by atoms with Crippen LogP contribution in [0.2, 0.25) is 10.0 Å². The third kappa shape index (κ3) is 2.23. The second-order valence-electron chi connectivity index (χ2n) is 2.75. The van der Waals surface area contributed by atoms with Gasteiger partial charge in [-0.1, -0.05) is 34.4 Å². The predicted octanol–water partition coefficient (Wildman–Crippen LogP) is 5.17. The van der Waals surface area contributed by atoms with Crippen molar-refractivity contribution >= 4 is 55.1 Å². The van der Waals surface area contributed by atoms with Crippen LogP contribution in [-0.4, -0.2) is 5.16 Å². The number of aromatic nitrogens is 1. The highest BCUT2D eigenvalue weighted by Crippen LogP contribution is 2.35. The summed E-state index contributed by atoms with van der Waals surface area (Å²) in [4.78, 5) is 0. The Hall–Kier alpha value is -0.0300. The molecular weight excluding hydrogens is 369 g/mol. The van der Waals surface area contributed by atoms with Crippen molar-refractivity contribution in [3.8, 4) is 11.3 Å². The summed E-state index contributed by atoms with van der Waals surface area (Å²) in [6, 6.07) is 5.27. The fourth-order valence-electron chi connectivity index (χ4n) is 1.08. The Balaban J connectivity index is 2.55. The second-order valence-corrected chi connectivity index (χ2v) is 5.08. The van der Waals surface area contributed by atoms with Gasteiger partial charge in [0, 0.05) is 5.56 Å². The van der Waals surface area contributed by atoms with Crippen molar-refractivity contribution in [3.05, 3.63) is 37.4 Å². The van der Waals surface area contributed by atoms with Crippen molar-refractivity contribution in [2.45, 2.75) is 0 Å². The van der Waals surface area contributed by atoms with E-state index in [4.69, 9.17) is 27.7 Å². The van der Waals surface area contributed by atoms with Crippen LogP contribution in [0.5, 0.6) is 0 Å². The number of hydrogen-bond acceptors (Lipinski definition) is 2. The van der Waals surface area contributed by atoms with Gasteiger partial charge in [0.05, 0.1) is 14.5 Å². The monoisotopic (exact) mass is 369 g/mol. The number of nitrogens with zero attached hydrogens (tertiary/aromatic N) is 1. The molecule has 0 spiro atoms. The molecule has 0 aliphatic heterocycles. The fourth-order valence-corrected chi connectivity index (χ4v) is 2.01. The molecule has 0 amide bonds. The molecule has 0 bridgehead atoms. The van der Waals surface area contributed by atoms with E-state index >= 15 is 0 Å². The molecule has 2 nitrogen and oxygen atoms in total. The Kier molecular flexibility index (Phi) is 3.40. The first kappa shape index (κ1) is 11.5. The molecule has 1 aromatic heterocycles. The second kappa shape index (κ2) is 4.45. The summed E-state index contributed by atoms with van der Waals surface area (Å²) in [6.07, 6.45) is 0. The Labute approximate surface area is 113 Å². The van der Waals surface area contributed by atoms with Gasteiger partial charge < -0.3 is 4.52 Å². The largest absolute Gasteiger partial charge is 0.347 e. The van der Waals surface area contributed by atoms with E-state index in [1.807, 2.05) is 6.07 Å². The Bertz CT molecular complexity index is 513. The van der Waals surface area contributed by atoms with Gasteiger partial charge in [-0.05, 0) is 44.0 Å². The molecule has 6 heteroatoms. The number of halogens is 4. The minimum absolute atomic E-state index is 0.486. The summed E-state index contributed by atoms with van der Waals surface area (Å²) in [5.41, 5.74) is 1.52. The first-order chi connectivity index (χ1) is 7.09. The van der Waals surface area contributed by atoms with Gasteiger partial charge in [-0.2, -0.15) is 0 Å². The van der Waals surface area contributed by atoms with Crippen molar-refractivity contribution in [2.24, 2.45) is 0 Å². The van der Waals surface area contributed by atoms with Gasteiger partial charge in [0.25, 0.3) is 0 Å². The molecule has 1 heterocycles. The Morgan fingerprint density at radius 3 is 2.40 bits per heavy atom. The van der Waals surface area contributed by atoms with E-state index in [0.29, 0.717) is 20.4 Å². The lowest BCUT2D eigenvalue weighted by molar-refractivity contribution is 0.401. The molecule has 0 saturated carbocycles. The SMILES string of the molecule is Clc1ccc(-c2noc(Br)c2Br)cc1Cl. The maximum atomic E-state index is 5.91. The summed E-state index contributed by atoms with van der Waals surface area (Å²) in [5, 5.41) is 4.89. The lowest BCUT2D eigenvalue weighted by atomic mass is 10.1. The average Bonchev–Trinajstić information content (AvgIpc) is 2.53. The molecule has 2 rings (SSSR count). The molecule has 2 aromatic rings. The summed E-state index contributed by atoms with van der Waals surface area (Å²) in [5.74, 6) is 0. The minimum Gasteiger partial charge on any atom is -0.347 e. The normalized spacial score (nSPS) is 10.7. The summed E-state index contributed by atoms with van der Waals surface area (Å²) in [7, 11) is 0. The first-order valence-corrected chi connectivity index (χ1v) is 6.20. The van der Waals surface area contributed by atoms with E-state index in [1.54, 1.807) is 12.1 Å². The fraction of sp³-hybridized carbons (Fsp3) is 0. The Morgan fingerprint density at radius 2 is 1.87 bits per heavy atom. The molecule has 78 valence electrons. The maximum Gasteiger partial charge on any atom is 0.216 e. The van der Waals surface area contributed by atoms with Gasteiger partial charge in [0.1, 0.15) is 5.69 Å². The van der Waals surface area contributed by atoms with Crippen LogP contribution in [-0.2, 0) is 0 Å². The zero-order chi connectivity index (χ0) is 11.0. The smallest absolute Gasteiger partial charge is 0.216 e. The van der Waals surface area contributed by atoms with E-state index < -0.39 is 0 Å². The number of benzene rings is 1. The Morgan fingerprint density at radius 1 is 1.13 bits per heavy atom. The van der Waals surface area contributed by atoms with E-state index in [0.717, 1.165) is 10.0 Å². The van der Waals surface area contributed by atoms with Gasteiger partial charge in [-0.15, -0.1) is 0 Å². The molecule has 1 aromatic carbocycles. The molecule has 0 unspecified atom stereocenters. The highest BCUT2D eigenvalue weighted by atomic mass is 79.9. The minimum atomic E-state index is 0.486. The lowest BCUT2D eigenvalue weighted by Gasteiger charge is -1.99. The molecule has 15 heavy (non-hydrogen) atoms. The summed E-state index contributed by atoms with van der Waals surface area (Å²) in [6.45, 7) is 0. The first-order valence-electron chi connectivity index (χ1n) is 3.85. The van der Waals surface area contributed by atoms with E-state index in [-0.39, 0.29) is 0 Å². The van der Waals surface area contributed by atoms with Crippen molar-refractivity contribution in [3.63, 3.8) is 0 Å². The molecule has 0 N–H and O–H groups in total. The summed E-state index contributed by atoms with van der Waals surface area (Å²) >= 11 is 18.3. The van der Waals surface area contributed by atoms with Gasteiger partial charge in [0.2, 0.25) is 4.67 Å². The van der Waals surface area contributed by atoms with Crippen LogP contribution in [0, 0.1) is 0 Å². The van der Waals surface area contributed by atoms with E-state index in [9.17, 15) is 0 Å². The highest BCUT2D eigenvalue weighted by Gasteiger charge is 2.13. The molecule has 0 radical (unpaired) electrons. The van der Waals surface area contributed by atoms with Gasteiger partial charge in [-0.25, -0.2) is 0 Å². The predicted molar refractivity (Wildman–Crippen MR) is 67.4 cm³/mol. The summed E-state index contributed by atoms with van der Waals surface area (Å²) < 4.78 is 6.26. The standard InChI is InChI=1S/C9H3Br2Cl2NO/c10-7-8(14-15-9(7)11)4-1-2-5(12)6(13)3-4/h1-3H. The average molecular weight is 372 g/mol. The van der Waals surface area contributed by atoms with Crippen LogP contribution in [0.4, 0.5) is 0 Å². The van der Waals surface area contributed by atoms with Crippen LogP contribution >= 0.6 is 55.1 Å². The van der Waals surface area contributed by atoms with E-state index in [2.05, 4.69) is 37.0 Å². The van der Waals surface area contributed by atoms with Crippen LogP contribution in [0.3, 0.4) is 0 Å². The molecule has 0 aliphatic rings. The molecule has 0 saturated heterocycles. The lowest BCUT2D eigenvalue weighted by Crippen LogP contribution is -1.79. The third-order valence-corrected chi connectivity index (χ3v) is 4.34. The maximum absolute atomic E-state index is 5.91. The number of hydrogen-bond donors (Lipinski definition) is 0. The van der Waals surface area contributed by atoms with Gasteiger partial charge in [-0.3, -0.25) is 0 Å². The van der Waals surface area contributed by atoms with Crippen molar-refractivity contribution in [2.75, 3.05) is 0 Å². The van der Waals surface area contributed by atoms with Gasteiger partial charge >= 0.3 is 0 Å². The van der Waals surface area contributed by atoms with Crippen LogP contribution in [0.25, 0.3) is 11.3 Å². The van der Waals surface area contributed by atoms with E-state index in [1.165, 1.54) is 0 Å². The van der Waals surface area contributed by atoms with Crippen LogP contribution in [0.15, 0.2) is 31.9 Å². The third-order valence-electron chi connectivity index (χ3n) is 1.79. The molecule has 0 aliphatic carbocycles. The van der Waals surface area contributed by atoms with Crippen molar-refractivity contribution in [1.29, 1.82) is 0 Å². The quantitative estimate of drug-likeness (QED) is 0.690. The molecule has 0 fully saturated rings. The topological polar surface area (TPSA) is 26.0 Å². The molecule has 0 atom stereocenters. The van der Waals surface area contributed by atoms with Crippen LogP contribution < -0.4 is 0 Å². The molecular formula is C9H3Br2Cl2NO. The highest BCUT2D eigenvalue weighted by molar-refractivity contribution is 9.13. The van der Waals surface area contributed by atoms with Crippen molar-refractivity contribution in [1.82, 2.24) is 5.16 Å².